The number of hydrogen-bond donors (Lipinski definition) is 1. The van der Waals surface area contributed by atoms with Gasteiger partial charge in [0.2, 0.25) is 0 Å². The molecule has 0 aliphatic heterocycles. The maximum atomic E-state index is 10.3. The lowest BCUT2D eigenvalue weighted by Crippen LogP contribution is -2.03. The summed E-state index contributed by atoms with van der Waals surface area (Å²) in [7, 11) is 0. The van der Waals surface area contributed by atoms with Crippen LogP contribution in [0.4, 0.5) is 0 Å². The summed E-state index contributed by atoms with van der Waals surface area (Å²) in [6.45, 7) is 4.70. The number of hydrogen-bond acceptors (Lipinski definition) is 3. The van der Waals surface area contributed by atoms with Crippen molar-refractivity contribution in [1.29, 1.82) is 0 Å². The van der Waals surface area contributed by atoms with Gasteiger partial charge in [-0.3, -0.25) is 4.79 Å². The fourth-order valence-electron chi connectivity index (χ4n) is 1.50. The number of aryl methyl sites for hydroxylation is 2. The molecule has 0 radical (unpaired) electrons. The van der Waals surface area contributed by atoms with Crippen molar-refractivity contribution in [1.82, 2.24) is 0 Å². The minimum Gasteiger partial charge on any atom is -0.493 e. The van der Waals surface area contributed by atoms with E-state index in [1.165, 1.54) is 11.1 Å². The van der Waals surface area contributed by atoms with Gasteiger partial charge in [-0.15, -0.1) is 0 Å². The molecule has 0 saturated carbocycles. The van der Waals surface area contributed by atoms with Crippen LogP contribution in [-0.2, 0) is 4.79 Å². The third kappa shape index (κ3) is 6.22. The molecule has 3 nitrogen and oxygen atoms in total. The van der Waals surface area contributed by atoms with Crippen LogP contribution < -0.4 is 4.74 Å². The molecule has 0 bridgehead atoms. The highest BCUT2D eigenvalue weighted by atomic mass is 32.2. The van der Waals surface area contributed by atoms with Gasteiger partial charge in [-0.2, -0.15) is 11.8 Å². The summed E-state index contributed by atoms with van der Waals surface area (Å²) in [5, 5.41) is 8.46. The second-order valence-electron chi connectivity index (χ2n) is 3.93. The standard InChI is InChI=1S/C13H18O3S/c1-10-7-11(2)9-12(8-10)16-4-6-17-5-3-13(14)15/h7-9H,3-6H2,1-2H3,(H,14,15). The zero-order valence-corrected chi connectivity index (χ0v) is 11.0. The van der Waals surface area contributed by atoms with E-state index < -0.39 is 5.97 Å². The first-order valence-corrected chi connectivity index (χ1v) is 6.74. The van der Waals surface area contributed by atoms with E-state index in [9.17, 15) is 4.79 Å². The summed E-state index contributed by atoms with van der Waals surface area (Å²) in [6.07, 6.45) is 0.216. The molecule has 1 rings (SSSR count). The average Bonchev–Trinajstić information content (AvgIpc) is 2.21. The van der Waals surface area contributed by atoms with Gasteiger partial charge in [0.25, 0.3) is 0 Å². The van der Waals surface area contributed by atoms with E-state index in [1.807, 2.05) is 26.0 Å². The van der Waals surface area contributed by atoms with Gasteiger partial charge < -0.3 is 9.84 Å². The van der Waals surface area contributed by atoms with Crippen molar-refractivity contribution in [3.8, 4) is 5.75 Å². The third-order valence-electron chi connectivity index (χ3n) is 2.15. The molecule has 1 aromatic rings. The van der Waals surface area contributed by atoms with E-state index in [-0.39, 0.29) is 6.42 Å². The summed E-state index contributed by atoms with van der Waals surface area (Å²) < 4.78 is 5.61. The van der Waals surface area contributed by atoms with Crippen LogP contribution >= 0.6 is 11.8 Å². The van der Waals surface area contributed by atoms with Gasteiger partial charge in [-0.25, -0.2) is 0 Å². The molecule has 1 N–H and O–H groups in total. The summed E-state index contributed by atoms with van der Waals surface area (Å²) in [4.78, 5) is 10.3. The Morgan fingerprint density at radius 1 is 1.24 bits per heavy atom. The van der Waals surface area contributed by atoms with Crippen molar-refractivity contribution in [3.63, 3.8) is 0 Å². The molecule has 0 aliphatic rings. The first-order chi connectivity index (χ1) is 8.08. The molecule has 94 valence electrons. The van der Waals surface area contributed by atoms with Gasteiger partial charge in [0.05, 0.1) is 13.0 Å². The number of benzene rings is 1. The van der Waals surface area contributed by atoms with Crippen molar-refractivity contribution in [2.75, 3.05) is 18.1 Å². The van der Waals surface area contributed by atoms with Gasteiger partial charge in [-0.1, -0.05) is 6.07 Å². The average molecular weight is 254 g/mol. The molecule has 1 aromatic carbocycles. The lowest BCUT2D eigenvalue weighted by atomic mass is 10.1. The maximum Gasteiger partial charge on any atom is 0.304 e. The lowest BCUT2D eigenvalue weighted by molar-refractivity contribution is -0.136. The van der Waals surface area contributed by atoms with E-state index >= 15 is 0 Å². The van der Waals surface area contributed by atoms with E-state index in [1.54, 1.807) is 11.8 Å². The van der Waals surface area contributed by atoms with Gasteiger partial charge in [0.15, 0.2) is 0 Å². The highest BCUT2D eigenvalue weighted by Crippen LogP contribution is 2.16. The van der Waals surface area contributed by atoms with Gasteiger partial charge in [0.1, 0.15) is 5.75 Å². The largest absolute Gasteiger partial charge is 0.493 e. The lowest BCUT2D eigenvalue weighted by Gasteiger charge is -2.07. The normalized spacial score (nSPS) is 10.2. The number of carboxylic acids is 1. The van der Waals surface area contributed by atoms with Crippen molar-refractivity contribution in [3.05, 3.63) is 29.3 Å². The van der Waals surface area contributed by atoms with E-state index in [2.05, 4.69) is 6.07 Å². The van der Waals surface area contributed by atoms with Crippen molar-refractivity contribution < 1.29 is 14.6 Å². The topological polar surface area (TPSA) is 46.5 Å². The van der Waals surface area contributed by atoms with E-state index in [0.717, 1.165) is 11.5 Å². The zero-order chi connectivity index (χ0) is 12.7. The molecular weight excluding hydrogens is 236 g/mol. The van der Waals surface area contributed by atoms with E-state index in [4.69, 9.17) is 9.84 Å². The quantitative estimate of drug-likeness (QED) is 0.760. The smallest absolute Gasteiger partial charge is 0.304 e. The molecule has 0 fully saturated rings. The Kier molecular flexibility index (Phi) is 5.91. The molecule has 0 atom stereocenters. The monoisotopic (exact) mass is 254 g/mol. The third-order valence-corrected chi connectivity index (χ3v) is 3.10. The Morgan fingerprint density at radius 3 is 2.47 bits per heavy atom. The molecule has 0 unspecified atom stereocenters. The predicted molar refractivity (Wildman–Crippen MR) is 71.0 cm³/mol. The predicted octanol–water partition coefficient (Wildman–Crippen LogP) is 2.89. The van der Waals surface area contributed by atoms with Crippen LogP contribution in [0.2, 0.25) is 0 Å². The van der Waals surface area contributed by atoms with Crippen molar-refractivity contribution in [2.24, 2.45) is 0 Å². The summed E-state index contributed by atoms with van der Waals surface area (Å²) in [6, 6.07) is 6.12. The highest BCUT2D eigenvalue weighted by Gasteiger charge is 1.99. The molecule has 0 aliphatic carbocycles. The fourth-order valence-corrected chi connectivity index (χ4v) is 2.22. The Morgan fingerprint density at radius 2 is 1.88 bits per heavy atom. The highest BCUT2D eigenvalue weighted by molar-refractivity contribution is 7.99. The van der Waals surface area contributed by atoms with Crippen LogP contribution in [0.25, 0.3) is 0 Å². The number of aliphatic carboxylic acids is 1. The van der Waals surface area contributed by atoms with Crippen LogP contribution in [0.1, 0.15) is 17.5 Å². The molecule has 0 saturated heterocycles. The van der Waals surface area contributed by atoms with Gasteiger partial charge in [0, 0.05) is 11.5 Å². The van der Waals surface area contributed by atoms with Gasteiger partial charge in [-0.05, 0) is 37.1 Å². The van der Waals surface area contributed by atoms with E-state index in [0.29, 0.717) is 12.4 Å². The van der Waals surface area contributed by atoms with Crippen molar-refractivity contribution in [2.45, 2.75) is 20.3 Å². The molecule has 0 spiro atoms. The molecule has 4 heteroatoms. The minimum atomic E-state index is -0.743. The number of carbonyl (C=O) groups is 1. The summed E-state index contributed by atoms with van der Waals surface area (Å²) >= 11 is 1.60. The zero-order valence-electron chi connectivity index (χ0n) is 10.2. The van der Waals surface area contributed by atoms with Crippen LogP contribution in [-0.4, -0.2) is 29.2 Å². The Labute approximate surface area is 106 Å². The number of carboxylic acid groups (broad SMARTS) is 1. The molecular formula is C13H18O3S. The molecule has 0 heterocycles. The summed E-state index contributed by atoms with van der Waals surface area (Å²) in [5.74, 6) is 1.61. The number of rotatable bonds is 7. The van der Waals surface area contributed by atoms with Crippen LogP contribution in [0.5, 0.6) is 5.75 Å². The summed E-state index contributed by atoms with van der Waals surface area (Å²) in [5.41, 5.74) is 2.39. The van der Waals surface area contributed by atoms with Crippen LogP contribution in [0.3, 0.4) is 0 Å². The molecule has 0 aromatic heterocycles. The minimum absolute atomic E-state index is 0.216. The molecule has 17 heavy (non-hydrogen) atoms. The number of thioether (sulfide) groups is 1. The number of ether oxygens (including phenoxy) is 1. The molecule has 0 amide bonds. The fraction of sp³-hybridized carbons (Fsp3) is 0.462. The van der Waals surface area contributed by atoms with Crippen molar-refractivity contribution >= 4 is 17.7 Å². The Balaban J connectivity index is 2.20. The van der Waals surface area contributed by atoms with Gasteiger partial charge >= 0.3 is 5.97 Å². The first-order valence-electron chi connectivity index (χ1n) is 5.58. The van der Waals surface area contributed by atoms with Crippen LogP contribution in [0.15, 0.2) is 18.2 Å². The first kappa shape index (κ1) is 13.9. The maximum absolute atomic E-state index is 10.3. The van der Waals surface area contributed by atoms with Crippen LogP contribution in [0, 0.1) is 13.8 Å². The Bertz CT molecular complexity index is 357. The second-order valence-corrected chi connectivity index (χ2v) is 5.15. The second kappa shape index (κ2) is 7.22. The Hall–Kier alpha value is -1.16. The SMILES string of the molecule is Cc1cc(C)cc(OCCSCCC(=O)O)c1.